The SMILES string of the molecule is O=C(O)[C@H]1O[C@@H](O)[C@H](OCc2ccccc2)[C@@H](OCc2ccccc2)[C@@H]1O. The van der Waals surface area contributed by atoms with Gasteiger partial charge in [0.1, 0.15) is 18.3 Å². The number of rotatable bonds is 7. The van der Waals surface area contributed by atoms with Gasteiger partial charge in [-0.3, -0.25) is 0 Å². The van der Waals surface area contributed by atoms with Gasteiger partial charge in [-0.05, 0) is 11.1 Å². The van der Waals surface area contributed by atoms with Crippen molar-refractivity contribution in [3.05, 3.63) is 71.8 Å². The summed E-state index contributed by atoms with van der Waals surface area (Å²) < 4.78 is 16.5. The van der Waals surface area contributed by atoms with Gasteiger partial charge in [-0.1, -0.05) is 60.7 Å². The molecule has 0 saturated carbocycles. The summed E-state index contributed by atoms with van der Waals surface area (Å²) in [6, 6.07) is 18.5. The molecule has 7 nitrogen and oxygen atoms in total. The number of carboxylic acids is 1. The first-order valence-corrected chi connectivity index (χ1v) is 8.61. The highest BCUT2D eigenvalue weighted by atomic mass is 16.7. The van der Waals surface area contributed by atoms with Gasteiger partial charge in [0.2, 0.25) is 0 Å². The van der Waals surface area contributed by atoms with Crippen molar-refractivity contribution in [1.82, 2.24) is 0 Å². The number of benzene rings is 2. The normalized spacial score (nSPS) is 28.0. The van der Waals surface area contributed by atoms with Crippen LogP contribution >= 0.6 is 0 Å². The number of hydrogen-bond donors (Lipinski definition) is 3. The van der Waals surface area contributed by atoms with Crippen LogP contribution in [0.4, 0.5) is 0 Å². The molecule has 1 fully saturated rings. The van der Waals surface area contributed by atoms with Crippen LogP contribution in [-0.2, 0) is 32.2 Å². The zero-order valence-electron chi connectivity index (χ0n) is 14.5. The van der Waals surface area contributed by atoms with E-state index in [1.807, 2.05) is 60.7 Å². The quantitative estimate of drug-likeness (QED) is 0.671. The van der Waals surface area contributed by atoms with Gasteiger partial charge in [0, 0.05) is 0 Å². The zero-order valence-corrected chi connectivity index (χ0v) is 14.5. The lowest BCUT2D eigenvalue weighted by molar-refractivity contribution is -0.300. The Morgan fingerprint density at radius 1 is 0.852 bits per heavy atom. The Bertz CT molecular complexity index is 722. The van der Waals surface area contributed by atoms with E-state index in [-0.39, 0.29) is 13.2 Å². The Morgan fingerprint density at radius 3 is 1.81 bits per heavy atom. The van der Waals surface area contributed by atoms with Crippen LogP contribution in [0.1, 0.15) is 11.1 Å². The third-order valence-corrected chi connectivity index (χ3v) is 4.35. The monoisotopic (exact) mass is 374 g/mol. The molecule has 0 amide bonds. The second-order valence-corrected chi connectivity index (χ2v) is 6.30. The number of carboxylic acid groups (broad SMARTS) is 1. The number of aliphatic hydroxyl groups is 2. The van der Waals surface area contributed by atoms with Crippen molar-refractivity contribution in [3.8, 4) is 0 Å². The van der Waals surface area contributed by atoms with Crippen molar-refractivity contribution in [2.24, 2.45) is 0 Å². The number of carbonyl (C=O) groups is 1. The summed E-state index contributed by atoms with van der Waals surface area (Å²) in [5.41, 5.74) is 1.71. The molecule has 5 atom stereocenters. The fourth-order valence-corrected chi connectivity index (χ4v) is 2.95. The minimum Gasteiger partial charge on any atom is -0.479 e. The molecule has 0 radical (unpaired) electrons. The lowest BCUT2D eigenvalue weighted by atomic mass is 9.98. The second kappa shape index (κ2) is 9.07. The van der Waals surface area contributed by atoms with Gasteiger partial charge in [-0.25, -0.2) is 4.79 Å². The first-order chi connectivity index (χ1) is 13.1. The van der Waals surface area contributed by atoms with E-state index < -0.39 is 36.7 Å². The van der Waals surface area contributed by atoms with E-state index in [1.54, 1.807) is 0 Å². The lowest BCUT2D eigenvalue weighted by Gasteiger charge is -2.41. The third kappa shape index (κ3) is 4.91. The first kappa shape index (κ1) is 19.5. The molecule has 0 aliphatic carbocycles. The van der Waals surface area contributed by atoms with Crippen LogP contribution in [0.3, 0.4) is 0 Å². The van der Waals surface area contributed by atoms with E-state index in [9.17, 15) is 20.1 Å². The molecule has 0 spiro atoms. The molecule has 27 heavy (non-hydrogen) atoms. The molecule has 3 N–H and O–H groups in total. The van der Waals surface area contributed by atoms with Crippen LogP contribution < -0.4 is 0 Å². The van der Waals surface area contributed by atoms with Crippen LogP contribution in [-0.4, -0.2) is 52.0 Å². The van der Waals surface area contributed by atoms with Crippen LogP contribution in [0.25, 0.3) is 0 Å². The van der Waals surface area contributed by atoms with E-state index in [0.717, 1.165) is 11.1 Å². The second-order valence-electron chi connectivity index (χ2n) is 6.30. The molecule has 2 aromatic carbocycles. The van der Waals surface area contributed by atoms with Crippen LogP contribution in [0, 0.1) is 0 Å². The van der Waals surface area contributed by atoms with E-state index in [0.29, 0.717) is 0 Å². The summed E-state index contributed by atoms with van der Waals surface area (Å²) in [7, 11) is 0. The number of aliphatic carboxylic acids is 1. The van der Waals surface area contributed by atoms with E-state index in [2.05, 4.69) is 0 Å². The Balaban J connectivity index is 1.73. The summed E-state index contributed by atoms with van der Waals surface area (Å²) in [6.07, 6.45) is -6.75. The van der Waals surface area contributed by atoms with Gasteiger partial charge in [-0.2, -0.15) is 0 Å². The standard InChI is InChI=1S/C20H22O7/c21-15-16(25-11-13-7-3-1-4-8-13)18(20(24)27-17(15)19(22)23)26-12-14-9-5-2-6-10-14/h1-10,15-18,20-21,24H,11-12H2,(H,22,23)/t15-,16-,17-,18+,20+/m0/s1. The predicted molar refractivity (Wildman–Crippen MR) is 94.6 cm³/mol. The van der Waals surface area contributed by atoms with Crippen molar-refractivity contribution in [3.63, 3.8) is 0 Å². The topological polar surface area (TPSA) is 105 Å². The smallest absolute Gasteiger partial charge is 0.335 e. The average molecular weight is 374 g/mol. The molecule has 1 heterocycles. The molecule has 0 aromatic heterocycles. The van der Waals surface area contributed by atoms with Crippen molar-refractivity contribution in [2.45, 2.75) is 43.9 Å². The van der Waals surface area contributed by atoms with E-state index in [4.69, 9.17) is 14.2 Å². The molecule has 0 bridgehead atoms. The maximum absolute atomic E-state index is 11.3. The molecule has 0 unspecified atom stereocenters. The van der Waals surface area contributed by atoms with Gasteiger partial charge in [0.05, 0.1) is 13.2 Å². The molecule has 1 aliphatic rings. The Labute approximate surface area is 156 Å². The maximum atomic E-state index is 11.3. The molecule has 3 rings (SSSR count). The van der Waals surface area contributed by atoms with Crippen LogP contribution in [0.15, 0.2) is 60.7 Å². The molecule has 1 saturated heterocycles. The number of ether oxygens (including phenoxy) is 3. The van der Waals surface area contributed by atoms with Gasteiger partial charge in [0.25, 0.3) is 0 Å². The van der Waals surface area contributed by atoms with Gasteiger partial charge in [0.15, 0.2) is 12.4 Å². The zero-order chi connectivity index (χ0) is 19.2. The van der Waals surface area contributed by atoms with Crippen LogP contribution in [0.2, 0.25) is 0 Å². The Morgan fingerprint density at radius 2 is 1.33 bits per heavy atom. The highest BCUT2D eigenvalue weighted by Gasteiger charge is 2.49. The van der Waals surface area contributed by atoms with Crippen molar-refractivity contribution < 1.29 is 34.3 Å². The van der Waals surface area contributed by atoms with Crippen molar-refractivity contribution in [1.29, 1.82) is 0 Å². The Hall–Kier alpha value is -2.29. The average Bonchev–Trinajstić information content (AvgIpc) is 2.68. The highest BCUT2D eigenvalue weighted by Crippen LogP contribution is 2.27. The summed E-state index contributed by atoms with van der Waals surface area (Å²) in [4.78, 5) is 11.3. The van der Waals surface area contributed by atoms with Gasteiger partial charge < -0.3 is 29.5 Å². The fourth-order valence-electron chi connectivity index (χ4n) is 2.95. The summed E-state index contributed by atoms with van der Waals surface area (Å²) in [5.74, 6) is -1.38. The molecule has 144 valence electrons. The minimum absolute atomic E-state index is 0.132. The van der Waals surface area contributed by atoms with Crippen LogP contribution in [0.5, 0.6) is 0 Å². The highest BCUT2D eigenvalue weighted by molar-refractivity contribution is 5.73. The molecule has 7 heteroatoms. The molecular formula is C20H22O7. The predicted octanol–water partition coefficient (Wildman–Crippen LogP) is 1.32. The maximum Gasteiger partial charge on any atom is 0.335 e. The number of aliphatic hydroxyl groups excluding tert-OH is 2. The summed E-state index contributed by atoms with van der Waals surface area (Å²) in [6.45, 7) is 0.286. The van der Waals surface area contributed by atoms with Gasteiger partial charge >= 0.3 is 5.97 Å². The van der Waals surface area contributed by atoms with E-state index in [1.165, 1.54) is 0 Å². The van der Waals surface area contributed by atoms with Crippen molar-refractivity contribution in [2.75, 3.05) is 0 Å². The fraction of sp³-hybridized carbons (Fsp3) is 0.350. The number of hydrogen-bond acceptors (Lipinski definition) is 6. The van der Waals surface area contributed by atoms with Crippen molar-refractivity contribution >= 4 is 5.97 Å². The lowest BCUT2D eigenvalue weighted by Crippen LogP contribution is -2.61. The summed E-state index contributed by atoms with van der Waals surface area (Å²) in [5, 5.41) is 29.9. The summed E-state index contributed by atoms with van der Waals surface area (Å²) >= 11 is 0. The largest absolute Gasteiger partial charge is 0.479 e. The first-order valence-electron chi connectivity index (χ1n) is 8.61. The minimum atomic E-state index is -1.60. The van der Waals surface area contributed by atoms with E-state index >= 15 is 0 Å². The molecule has 1 aliphatic heterocycles. The third-order valence-electron chi connectivity index (χ3n) is 4.35. The van der Waals surface area contributed by atoms with Gasteiger partial charge in [-0.15, -0.1) is 0 Å². The molecule has 2 aromatic rings. The molecular weight excluding hydrogens is 352 g/mol. The Kier molecular flexibility index (Phi) is 6.54.